The van der Waals surface area contributed by atoms with Gasteiger partial charge in [0.1, 0.15) is 0 Å². The fourth-order valence-corrected chi connectivity index (χ4v) is 1.99. The normalized spacial score (nSPS) is 10.6. The zero-order valence-electron chi connectivity index (χ0n) is 10.8. The first-order valence-electron chi connectivity index (χ1n) is 6.13. The molecule has 3 nitrogen and oxygen atoms in total. The summed E-state index contributed by atoms with van der Waals surface area (Å²) >= 11 is 5.76. The molecule has 0 aliphatic rings. The van der Waals surface area contributed by atoms with Crippen molar-refractivity contribution in [3.8, 4) is 0 Å². The Kier molecular flexibility index (Phi) is 4.26. The van der Waals surface area contributed by atoms with E-state index in [0.29, 0.717) is 5.88 Å². The highest BCUT2D eigenvalue weighted by atomic mass is 35.5. The molecule has 4 heteroatoms. The number of aromatic nitrogens is 2. The van der Waals surface area contributed by atoms with Gasteiger partial charge in [-0.2, -0.15) is 5.10 Å². The van der Waals surface area contributed by atoms with Crippen molar-refractivity contribution in [2.75, 3.05) is 5.32 Å². The van der Waals surface area contributed by atoms with Crippen molar-refractivity contribution in [2.24, 2.45) is 7.05 Å². The van der Waals surface area contributed by atoms with Gasteiger partial charge in [0.05, 0.1) is 17.9 Å². The van der Waals surface area contributed by atoms with E-state index in [1.54, 1.807) is 0 Å². The lowest BCUT2D eigenvalue weighted by molar-refractivity contribution is 0.707. The smallest absolute Gasteiger partial charge is 0.0625 e. The van der Waals surface area contributed by atoms with E-state index in [9.17, 15) is 0 Å². The molecule has 2 aromatic rings. The summed E-state index contributed by atoms with van der Waals surface area (Å²) in [7, 11) is 1.98. The van der Waals surface area contributed by atoms with Crippen LogP contribution in [0.25, 0.3) is 0 Å². The molecule has 1 aromatic carbocycles. The Morgan fingerprint density at radius 1 is 1.28 bits per heavy atom. The zero-order valence-corrected chi connectivity index (χ0v) is 11.5. The molecule has 0 amide bonds. The van der Waals surface area contributed by atoms with Crippen LogP contribution in [0.1, 0.15) is 23.9 Å². The average Bonchev–Trinajstić information content (AvgIpc) is 2.77. The van der Waals surface area contributed by atoms with Gasteiger partial charge in [-0.1, -0.05) is 19.1 Å². The Balaban J connectivity index is 1.99. The molecule has 96 valence electrons. The van der Waals surface area contributed by atoms with Crippen LogP contribution in [0.4, 0.5) is 5.69 Å². The topological polar surface area (TPSA) is 29.9 Å². The second-order valence-corrected chi connectivity index (χ2v) is 4.56. The van der Waals surface area contributed by atoms with Crippen molar-refractivity contribution < 1.29 is 0 Å². The van der Waals surface area contributed by atoms with Gasteiger partial charge in [0.15, 0.2) is 0 Å². The molecule has 0 aliphatic heterocycles. The Hall–Kier alpha value is -1.48. The van der Waals surface area contributed by atoms with Crippen molar-refractivity contribution in [3.05, 3.63) is 47.3 Å². The highest BCUT2D eigenvalue weighted by molar-refractivity contribution is 6.17. The molecule has 2 rings (SSSR count). The van der Waals surface area contributed by atoms with E-state index >= 15 is 0 Å². The second-order valence-electron chi connectivity index (χ2n) is 4.29. The number of aryl methyl sites for hydroxylation is 2. The van der Waals surface area contributed by atoms with Gasteiger partial charge in [-0.3, -0.25) is 4.68 Å². The van der Waals surface area contributed by atoms with Crippen LogP contribution in [-0.2, 0) is 25.9 Å². The molecular weight excluding hydrogens is 246 g/mol. The van der Waals surface area contributed by atoms with Crippen LogP contribution in [0.15, 0.2) is 30.3 Å². The van der Waals surface area contributed by atoms with Crippen LogP contribution in [-0.4, -0.2) is 9.78 Å². The third-order valence-electron chi connectivity index (χ3n) is 2.97. The van der Waals surface area contributed by atoms with Crippen LogP contribution < -0.4 is 5.32 Å². The summed E-state index contributed by atoms with van der Waals surface area (Å²) in [6.07, 6.45) is 0.970. The summed E-state index contributed by atoms with van der Waals surface area (Å²) in [6.45, 7) is 2.90. The van der Waals surface area contributed by atoms with E-state index in [4.69, 9.17) is 11.6 Å². The van der Waals surface area contributed by atoms with E-state index < -0.39 is 0 Å². The number of anilines is 1. The number of benzene rings is 1. The number of rotatable bonds is 5. The largest absolute Gasteiger partial charge is 0.379 e. The molecule has 0 spiro atoms. The number of hydrogen-bond donors (Lipinski definition) is 1. The van der Waals surface area contributed by atoms with E-state index in [2.05, 4.69) is 35.5 Å². The highest BCUT2D eigenvalue weighted by Crippen LogP contribution is 2.13. The first-order chi connectivity index (χ1) is 8.72. The Labute approximate surface area is 113 Å². The second kappa shape index (κ2) is 5.91. The third-order valence-corrected chi connectivity index (χ3v) is 3.28. The molecule has 0 bridgehead atoms. The lowest BCUT2D eigenvalue weighted by atomic mass is 10.2. The molecule has 18 heavy (non-hydrogen) atoms. The maximum atomic E-state index is 5.76. The van der Waals surface area contributed by atoms with Gasteiger partial charge < -0.3 is 5.32 Å². The van der Waals surface area contributed by atoms with E-state index in [1.807, 2.05) is 23.9 Å². The van der Waals surface area contributed by atoms with E-state index in [0.717, 1.165) is 29.9 Å². The van der Waals surface area contributed by atoms with Crippen LogP contribution >= 0.6 is 11.6 Å². The van der Waals surface area contributed by atoms with Crippen LogP contribution in [0, 0.1) is 0 Å². The molecular formula is C14H18ClN3. The maximum Gasteiger partial charge on any atom is 0.0625 e. The van der Waals surface area contributed by atoms with Gasteiger partial charge in [0, 0.05) is 18.6 Å². The fraction of sp³-hybridized carbons (Fsp3) is 0.357. The molecule has 0 aliphatic carbocycles. The van der Waals surface area contributed by atoms with Gasteiger partial charge in [-0.25, -0.2) is 0 Å². The minimum absolute atomic E-state index is 0.557. The van der Waals surface area contributed by atoms with Gasteiger partial charge in [0.2, 0.25) is 0 Å². The average molecular weight is 264 g/mol. The number of nitrogens with zero attached hydrogens (tertiary/aromatic N) is 2. The summed E-state index contributed by atoms with van der Waals surface area (Å²) in [6, 6.07) is 10.3. The van der Waals surface area contributed by atoms with Crippen molar-refractivity contribution in [3.63, 3.8) is 0 Å². The predicted octanol–water partition coefficient (Wildman–Crippen LogP) is 3.33. The molecule has 0 saturated heterocycles. The molecule has 0 radical (unpaired) electrons. The summed E-state index contributed by atoms with van der Waals surface area (Å²) in [5, 5.41) is 7.81. The third kappa shape index (κ3) is 3.05. The summed E-state index contributed by atoms with van der Waals surface area (Å²) in [5.74, 6) is 0.557. The SMILES string of the molecule is CCc1cc(CNc2ccc(CCl)cc2)n(C)n1. The van der Waals surface area contributed by atoms with Gasteiger partial charge in [-0.15, -0.1) is 11.6 Å². The number of hydrogen-bond acceptors (Lipinski definition) is 2. The van der Waals surface area contributed by atoms with Crippen molar-refractivity contribution >= 4 is 17.3 Å². The Bertz CT molecular complexity index is 502. The van der Waals surface area contributed by atoms with Crippen molar-refractivity contribution in [1.29, 1.82) is 0 Å². The molecule has 0 atom stereocenters. The number of halogens is 1. The summed E-state index contributed by atoms with van der Waals surface area (Å²) < 4.78 is 1.93. The fourth-order valence-electron chi connectivity index (χ4n) is 1.81. The van der Waals surface area contributed by atoms with E-state index in [-0.39, 0.29) is 0 Å². The van der Waals surface area contributed by atoms with Crippen LogP contribution in [0.2, 0.25) is 0 Å². The van der Waals surface area contributed by atoms with Crippen molar-refractivity contribution in [2.45, 2.75) is 25.8 Å². The monoisotopic (exact) mass is 263 g/mol. The minimum Gasteiger partial charge on any atom is -0.379 e. The molecule has 1 N–H and O–H groups in total. The molecule has 0 unspecified atom stereocenters. The lowest BCUT2D eigenvalue weighted by Crippen LogP contribution is -2.05. The zero-order chi connectivity index (χ0) is 13.0. The van der Waals surface area contributed by atoms with Crippen molar-refractivity contribution in [1.82, 2.24) is 9.78 Å². The summed E-state index contributed by atoms with van der Waals surface area (Å²) in [5.41, 5.74) is 4.55. The molecule has 1 heterocycles. The van der Waals surface area contributed by atoms with E-state index in [1.165, 1.54) is 5.69 Å². The Morgan fingerprint density at radius 3 is 2.56 bits per heavy atom. The first kappa shape index (κ1) is 13.0. The molecule has 0 fully saturated rings. The quantitative estimate of drug-likeness (QED) is 0.839. The number of nitrogens with one attached hydrogen (secondary N) is 1. The van der Waals surface area contributed by atoms with Gasteiger partial charge in [-0.05, 0) is 30.2 Å². The van der Waals surface area contributed by atoms with Gasteiger partial charge in [0.25, 0.3) is 0 Å². The minimum atomic E-state index is 0.557. The van der Waals surface area contributed by atoms with Gasteiger partial charge >= 0.3 is 0 Å². The Morgan fingerprint density at radius 2 is 2.00 bits per heavy atom. The first-order valence-corrected chi connectivity index (χ1v) is 6.67. The van der Waals surface area contributed by atoms with Crippen LogP contribution in [0.3, 0.4) is 0 Å². The molecule has 1 aromatic heterocycles. The lowest BCUT2D eigenvalue weighted by Gasteiger charge is -2.07. The molecule has 0 saturated carbocycles. The van der Waals surface area contributed by atoms with Crippen LogP contribution in [0.5, 0.6) is 0 Å². The number of alkyl halides is 1. The summed E-state index contributed by atoms with van der Waals surface area (Å²) in [4.78, 5) is 0. The predicted molar refractivity (Wildman–Crippen MR) is 75.9 cm³/mol. The standard InChI is InChI=1S/C14H18ClN3/c1-3-12-8-14(18(2)17-12)10-16-13-6-4-11(9-15)5-7-13/h4-8,16H,3,9-10H2,1-2H3. The highest BCUT2D eigenvalue weighted by Gasteiger charge is 2.03. The maximum absolute atomic E-state index is 5.76.